The second-order valence-electron chi connectivity index (χ2n) is 5.11. The van der Waals surface area contributed by atoms with Crippen molar-refractivity contribution in [1.29, 1.82) is 0 Å². The molecule has 0 spiro atoms. The molecule has 0 aliphatic rings. The Morgan fingerprint density at radius 2 is 1.64 bits per heavy atom. The van der Waals surface area contributed by atoms with Crippen LogP contribution in [-0.2, 0) is 6.54 Å². The molecule has 22 heavy (non-hydrogen) atoms. The highest BCUT2D eigenvalue weighted by molar-refractivity contribution is 6.04. The first-order valence-electron chi connectivity index (χ1n) is 6.77. The van der Waals surface area contributed by atoms with Gasteiger partial charge in [-0.2, -0.15) is 0 Å². The van der Waals surface area contributed by atoms with Gasteiger partial charge in [-0.3, -0.25) is 0 Å². The van der Waals surface area contributed by atoms with Gasteiger partial charge in [-0.1, -0.05) is 36.4 Å². The molecule has 0 aliphatic carbocycles. The first-order chi connectivity index (χ1) is 10.4. The van der Waals surface area contributed by atoms with E-state index in [1.165, 1.54) is 12.1 Å². The highest BCUT2D eigenvalue weighted by Gasteiger charge is 2.23. The van der Waals surface area contributed by atoms with Crippen LogP contribution < -0.4 is 4.90 Å². The maximum absolute atomic E-state index is 11.6. The lowest BCUT2D eigenvalue weighted by molar-refractivity contribution is 0.0695. The third-order valence-electron chi connectivity index (χ3n) is 3.47. The zero-order valence-corrected chi connectivity index (χ0v) is 12.4. The van der Waals surface area contributed by atoms with Gasteiger partial charge < -0.3 is 15.1 Å². The molecule has 0 unspecified atom stereocenters. The van der Waals surface area contributed by atoms with Gasteiger partial charge in [0.25, 0.3) is 0 Å². The number of hydrogen-bond acceptors (Lipinski definition) is 3. The molecule has 0 amide bonds. The smallest absolute Gasteiger partial charge is 0.338 e. The molecule has 0 aliphatic heterocycles. The Balaban J connectivity index is 2.53. The van der Waals surface area contributed by atoms with Crippen LogP contribution in [0.2, 0.25) is 0 Å². The Labute approximate surface area is 128 Å². The van der Waals surface area contributed by atoms with E-state index in [1.807, 2.05) is 30.3 Å². The number of anilines is 1. The van der Waals surface area contributed by atoms with Gasteiger partial charge in [-0.05, 0) is 24.1 Å². The number of rotatable bonds is 5. The fourth-order valence-corrected chi connectivity index (χ4v) is 2.47. The number of carbonyl (C=O) groups is 2. The third-order valence-corrected chi connectivity index (χ3v) is 3.47. The minimum Gasteiger partial charge on any atom is -0.478 e. The normalized spacial score (nSPS) is 10.3. The van der Waals surface area contributed by atoms with Gasteiger partial charge in [0.1, 0.15) is 0 Å². The molecule has 0 aromatic heterocycles. The predicted octanol–water partition coefficient (Wildman–Crippen LogP) is 3.03. The van der Waals surface area contributed by atoms with Gasteiger partial charge in [0.05, 0.1) is 16.8 Å². The van der Waals surface area contributed by atoms with Crippen LogP contribution in [0.4, 0.5) is 5.69 Å². The lowest BCUT2D eigenvalue weighted by Gasteiger charge is -2.24. The van der Waals surface area contributed by atoms with Crippen LogP contribution in [0.5, 0.6) is 0 Å². The van der Waals surface area contributed by atoms with E-state index in [0.29, 0.717) is 12.1 Å². The van der Waals surface area contributed by atoms with Crippen molar-refractivity contribution in [3.8, 4) is 0 Å². The molecule has 0 heterocycles. The Morgan fingerprint density at radius 3 is 2.18 bits per heavy atom. The minimum atomic E-state index is -1.14. The van der Waals surface area contributed by atoms with Crippen molar-refractivity contribution in [2.24, 2.45) is 0 Å². The zero-order valence-electron chi connectivity index (χ0n) is 12.4. The highest BCUT2D eigenvalue weighted by Crippen LogP contribution is 2.29. The summed E-state index contributed by atoms with van der Waals surface area (Å²) in [5.41, 5.74) is 1.75. The molecule has 0 radical (unpaired) electrons. The van der Waals surface area contributed by atoms with Gasteiger partial charge in [0.2, 0.25) is 0 Å². The molecule has 2 rings (SSSR count). The number of carboxylic acids is 2. The topological polar surface area (TPSA) is 77.8 Å². The van der Waals surface area contributed by atoms with E-state index in [0.717, 1.165) is 5.56 Å². The van der Waals surface area contributed by atoms with E-state index < -0.39 is 11.9 Å². The molecule has 0 bridgehead atoms. The van der Waals surface area contributed by atoms with Crippen molar-refractivity contribution >= 4 is 17.6 Å². The average Bonchev–Trinajstić information content (AvgIpc) is 2.47. The highest BCUT2D eigenvalue weighted by atomic mass is 16.4. The Bertz CT molecular complexity index is 710. The molecule has 0 fully saturated rings. The van der Waals surface area contributed by atoms with Crippen LogP contribution in [-0.4, -0.2) is 29.2 Å². The summed E-state index contributed by atoms with van der Waals surface area (Å²) in [5.74, 6) is -2.27. The number of hydrogen-bond donors (Lipinski definition) is 2. The average molecular weight is 299 g/mol. The van der Waals surface area contributed by atoms with Crippen LogP contribution in [0.25, 0.3) is 0 Å². The summed E-state index contributed by atoms with van der Waals surface area (Å²) < 4.78 is 0. The van der Waals surface area contributed by atoms with Crippen molar-refractivity contribution in [1.82, 2.24) is 0 Å². The molecule has 0 saturated carbocycles. The summed E-state index contributed by atoms with van der Waals surface area (Å²) in [4.78, 5) is 24.7. The standard InChI is InChI=1S/C17H17NO4/c1-11-8-9-13(16(19)20)15(14(11)17(21)22)18(2)10-12-6-4-3-5-7-12/h3-9H,10H2,1-2H3,(H,19,20)(H,21,22). The van der Waals surface area contributed by atoms with Crippen LogP contribution in [0.15, 0.2) is 42.5 Å². The van der Waals surface area contributed by atoms with E-state index in [9.17, 15) is 19.8 Å². The lowest BCUT2D eigenvalue weighted by atomic mass is 10.00. The predicted molar refractivity (Wildman–Crippen MR) is 83.6 cm³/mol. The van der Waals surface area contributed by atoms with Crippen LogP contribution in [0.1, 0.15) is 31.8 Å². The van der Waals surface area contributed by atoms with Gasteiger partial charge >= 0.3 is 11.9 Å². The third kappa shape index (κ3) is 3.09. The largest absolute Gasteiger partial charge is 0.478 e. The van der Waals surface area contributed by atoms with E-state index in [1.54, 1.807) is 18.9 Å². The van der Waals surface area contributed by atoms with Gasteiger partial charge in [0, 0.05) is 13.6 Å². The van der Waals surface area contributed by atoms with Crippen LogP contribution in [0.3, 0.4) is 0 Å². The SMILES string of the molecule is Cc1ccc(C(=O)O)c(N(C)Cc2ccccc2)c1C(=O)O. The molecule has 5 nitrogen and oxygen atoms in total. The lowest BCUT2D eigenvalue weighted by Crippen LogP contribution is -2.23. The first kappa shape index (κ1) is 15.6. The molecule has 0 atom stereocenters. The summed E-state index contributed by atoms with van der Waals surface area (Å²) in [6.07, 6.45) is 0. The summed E-state index contributed by atoms with van der Waals surface area (Å²) in [5, 5.41) is 18.8. The first-order valence-corrected chi connectivity index (χ1v) is 6.77. The maximum atomic E-state index is 11.6. The number of benzene rings is 2. The molecular formula is C17H17NO4. The maximum Gasteiger partial charge on any atom is 0.338 e. The summed E-state index contributed by atoms with van der Waals surface area (Å²) >= 11 is 0. The monoisotopic (exact) mass is 299 g/mol. The molecule has 0 saturated heterocycles. The second-order valence-corrected chi connectivity index (χ2v) is 5.11. The fourth-order valence-electron chi connectivity index (χ4n) is 2.47. The molecule has 114 valence electrons. The molecule has 2 aromatic carbocycles. The van der Waals surface area contributed by atoms with Crippen molar-refractivity contribution < 1.29 is 19.8 Å². The van der Waals surface area contributed by atoms with Crippen molar-refractivity contribution in [2.45, 2.75) is 13.5 Å². The van der Waals surface area contributed by atoms with Crippen molar-refractivity contribution in [3.63, 3.8) is 0 Å². The quantitative estimate of drug-likeness (QED) is 0.887. The van der Waals surface area contributed by atoms with E-state index in [4.69, 9.17) is 0 Å². The number of aromatic carboxylic acids is 2. The summed E-state index contributed by atoms with van der Waals surface area (Å²) in [6.45, 7) is 2.08. The second kappa shape index (κ2) is 6.30. The van der Waals surface area contributed by atoms with Crippen molar-refractivity contribution in [3.05, 3.63) is 64.7 Å². The molecule has 5 heteroatoms. The molecular weight excluding hydrogens is 282 g/mol. The van der Waals surface area contributed by atoms with Crippen molar-refractivity contribution in [2.75, 3.05) is 11.9 Å². The Kier molecular flexibility index (Phi) is 4.46. The number of aryl methyl sites for hydroxylation is 1. The van der Waals surface area contributed by atoms with E-state index >= 15 is 0 Å². The zero-order chi connectivity index (χ0) is 16.3. The molecule has 2 N–H and O–H groups in total. The number of nitrogens with zero attached hydrogens (tertiary/aromatic N) is 1. The molecule has 2 aromatic rings. The van der Waals surface area contributed by atoms with Gasteiger partial charge in [0.15, 0.2) is 0 Å². The summed E-state index contributed by atoms with van der Waals surface area (Å²) in [6, 6.07) is 12.4. The Morgan fingerprint density at radius 1 is 1.00 bits per heavy atom. The van der Waals surface area contributed by atoms with E-state index in [-0.39, 0.29) is 16.8 Å². The van der Waals surface area contributed by atoms with Gasteiger partial charge in [-0.25, -0.2) is 9.59 Å². The Hall–Kier alpha value is -2.82. The minimum absolute atomic E-state index is 0.0126. The fraction of sp³-hybridized carbons (Fsp3) is 0.176. The van der Waals surface area contributed by atoms with Crippen LogP contribution >= 0.6 is 0 Å². The van der Waals surface area contributed by atoms with Gasteiger partial charge in [-0.15, -0.1) is 0 Å². The summed E-state index contributed by atoms with van der Waals surface area (Å²) in [7, 11) is 1.70. The number of carboxylic acid groups (broad SMARTS) is 2. The van der Waals surface area contributed by atoms with Crippen LogP contribution in [0, 0.1) is 6.92 Å². The van der Waals surface area contributed by atoms with E-state index in [2.05, 4.69) is 0 Å².